The van der Waals surface area contributed by atoms with Crippen molar-refractivity contribution >= 4 is 11.7 Å². The number of nitrogens with zero attached hydrogens (tertiary/aromatic N) is 3. The number of amides is 1. The molecule has 1 aliphatic heterocycles. The van der Waals surface area contributed by atoms with Crippen molar-refractivity contribution < 1.29 is 4.79 Å². The summed E-state index contributed by atoms with van der Waals surface area (Å²) < 4.78 is 0. The topological polar surface area (TPSA) is 84.1 Å². The Bertz CT molecular complexity index is 1000. The number of primary amides is 1. The first kappa shape index (κ1) is 20.0. The lowest BCUT2D eigenvalue weighted by Crippen LogP contribution is -2.33. The highest BCUT2D eigenvalue weighted by atomic mass is 16.1. The number of nitrogens with two attached hydrogens (primary N) is 1. The highest BCUT2D eigenvalue weighted by molar-refractivity contribution is 5.93. The fourth-order valence-corrected chi connectivity index (χ4v) is 4.15. The van der Waals surface area contributed by atoms with Gasteiger partial charge in [0, 0.05) is 48.7 Å². The number of hydrogen-bond donors (Lipinski definition) is 2. The third-order valence-corrected chi connectivity index (χ3v) is 5.75. The van der Waals surface area contributed by atoms with Gasteiger partial charge in [-0.3, -0.25) is 14.7 Å². The first-order valence-corrected chi connectivity index (χ1v) is 10.4. The predicted molar refractivity (Wildman–Crippen MR) is 119 cm³/mol. The number of likely N-dealkylation sites (tertiary alicyclic amines) is 1. The lowest BCUT2D eigenvalue weighted by atomic mass is 9.95. The zero-order valence-electron chi connectivity index (χ0n) is 17.2. The van der Waals surface area contributed by atoms with Crippen molar-refractivity contribution in [3.05, 3.63) is 77.6 Å². The van der Waals surface area contributed by atoms with Crippen molar-refractivity contribution in [2.24, 2.45) is 5.73 Å². The molecule has 3 N–H and O–H groups in total. The number of pyridine rings is 2. The molecule has 0 unspecified atom stereocenters. The molecule has 1 atom stereocenters. The fourth-order valence-electron chi connectivity index (χ4n) is 4.15. The Morgan fingerprint density at radius 1 is 1.13 bits per heavy atom. The second-order valence-electron chi connectivity index (χ2n) is 7.66. The van der Waals surface area contributed by atoms with Crippen molar-refractivity contribution in [3.8, 4) is 11.3 Å². The summed E-state index contributed by atoms with van der Waals surface area (Å²) in [4.78, 5) is 22.9. The Balaban J connectivity index is 1.53. The van der Waals surface area contributed by atoms with Gasteiger partial charge in [0.1, 0.15) is 5.82 Å². The van der Waals surface area contributed by atoms with Crippen molar-refractivity contribution in [2.45, 2.75) is 31.8 Å². The number of anilines is 1. The largest absolute Gasteiger partial charge is 0.373 e. The SMILES string of the molecule is CNc1ncccc1CN1CCCC[C@@H]1c1ccc(-c2ccc(C(N)=O)cc2)nc1. The molecule has 2 aromatic heterocycles. The zero-order chi connectivity index (χ0) is 20.9. The number of rotatable bonds is 6. The summed E-state index contributed by atoms with van der Waals surface area (Å²) in [5.41, 5.74) is 10.1. The van der Waals surface area contributed by atoms with E-state index in [9.17, 15) is 4.79 Å². The predicted octanol–water partition coefficient (Wildman–Crippen LogP) is 4.01. The van der Waals surface area contributed by atoms with Crippen molar-refractivity contribution in [2.75, 3.05) is 18.9 Å². The van der Waals surface area contributed by atoms with Gasteiger partial charge in [0.15, 0.2) is 0 Å². The molecule has 1 saturated heterocycles. The standard InChI is InChI=1S/C24H27N5O/c1-26-24-20(5-4-13-27-24)16-29-14-3-2-6-22(29)19-11-12-21(28-15-19)17-7-9-18(10-8-17)23(25)30/h4-5,7-13,15,22H,2-3,6,14,16H2,1H3,(H2,25,30)(H,26,27)/t22-/m1/s1. The molecule has 6 nitrogen and oxygen atoms in total. The maximum atomic E-state index is 11.3. The number of nitrogens with one attached hydrogen (secondary N) is 1. The van der Waals surface area contributed by atoms with E-state index in [1.807, 2.05) is 37.6 Å². The van der Waals surface area contributed by atoms with E-state index in [-0.39, 0.29) is 0 Å². The van der Waals surface area contributed by atoms with Gasteiger partial charge in [-0.1, -0.05) is 30.7 Å². The van der Waals surface area contributed by atoms with Crippen LogP contribution in [-0.2, 0) is 6.54 Å². The first-order chi connectivity index (χ1) is 14.7. The number of carbonyl (C=O) groups excluding carboxylic acids is 1. The lowest BCUT2D eigenvalue weighted by molar-refractivity contribution is 0.100. The normalized spacial score (nSPS) is 16.9. The Morgan fingerprint density at radius 3 is 2.67 bits per heavy atom. The Kier molecular flexibility index (Phi) is 6.05. The third kappa shape index (κ3) is 4.33. The third-order valence-electron chi connectivity index (χ3n) is 5.75. The lowest BCUT2D eigenvalue weighted by Gasteiger charge is -2.36. The highest BCUT2D eigenvalue weighted by Crippen LogP contribution is 2.33. The molecule has 1 aromatic carbocycles. The molecule has 0 radical (unpaired) electrons. The summed E-state index contributed by atoms with van der Waals surface area (Å²) in [7, 11) is 1.91. The van der Waals surface area contributed by atoms with Gasteiger partial charge in [-0.15, -0.1) is 0 Å². The molecule has 3 heterocycles. The minimum atomic E-state index is -0.419. The van der Waals surface area contributed by atoms with Crippen molar-refractivity contribution in [1.82, 2.24) is 14.9 Å². The summed E-state index contributed by atoms with van der Waals surface area (Å²) in [5.74, 6) is 0.520. The first-order valence-electron chi connectivity index (χ1n) is 10.4. The molecule has 1 aliphatic rings. The van der Waals surface area contributed by atoms with Crippen LogP contribution in [0, 0.1) is 0 Å². The average molecular weight is 402 g/mol. The van der Waals surface area contributed by atoms with E-state index >= 15 is 0 Å². The Labute approximate surface area is 177 Å². The molecule has 1 fully saturated rings. The fraction of sp³-hybridized carbons (Fsp3) is 0.292. The number of benzene rings is 1. The van der Waals surface area contributed by atoms with Gasteiger partial charge in [0.2, 0.25) is 5.91 Å². The van der Waals surface area contributed by atoms with E-state index in [0.717, 1.165) is 36.6 Å². The van der Waals surface area contributed by atoms with Gasteiger partial charge in [0.25, 0.3) is 0 Å². The van der Waals surface area contributed by atoms with Gasteiger partial charge in [-0.2, -0.15) is 0 Å². The van der Waals surface area contributed by atoms with E-state index in [0.29, 0.717) is 11.6 Å². The van der Waals surface area contributed by atoms with Gasteiger partial charge in [-0.05, 0) is 49.2 Å². The summed E-state index contributed by atoms with van der Waals surface area (Å²) in [6.45, 7) is 1.93. The monoisotopic (exact) mass is 401 g/mol. The van der Waals surface area contributed by atoms with E-state index in [4.69, 9.17) is 10.7 Å². The summed E-state index contributed by atoms with van der Waals surface area (Å²) in [6, 6.07) is 16.0. The van der Waals surface area contributed by atoms with Gasteiger partial charge < -0.3 is 11.1 Å². The minimum Gasteiger partial charge on any atom is -0.373 e. The van der Waals surface area contributed by atoms with E-state index in [1.165, 1.54) is 24.0 Å². The molecule has 6 heteroatoms. The van der Waals surface area contributed by atoms with Crippen LogP contribution in [0.1, 0.15) is 46.8 Å². The summed E-state index contributed by atoms with van der Waals surface area (Å²) in [5, 5.41) is 3.20. The number of piperidine rings is 1. The molecule has 1 amide bonds. The van der Waals surface area contributed by atoms with E-state index in [2.05, 4.69) is 33.4 Å². The smallest absolute Gasteiger partial charge is 0.248 e. The van der Waals surface area contributed by atoms with E-state index < -0.39 is 5.91 Å². The second kappa shape index (κ2) is 9.05. The second-order valence-corrected chi connectivity index (χ2v) is 7.66. The van der Waals surface area contributed by atoms with Crippen LogP contribution in [0.4, 0.5) is 5.82 Å². The summed E-state index contributed by atoms with van der Waals surface area (Å²) >= 11 is 0. The maximum absolute atomic E-state index is 11.3. The van der Waals surface area contributed by atoms with Crippen LogP contribution in [0.25, 0.3) is 11.3 Å². The zero-order valence-corrected chi connectivity index (χ0v) is 17.2. The van der Waals surface area contributed by atoms with Crippen LogP contribution < -0.4 is 11.1 Å². The van der Waals surface area contributed by atoms with Gasteiger partial charge >= 0.3 is 0 Å². The Morgan fingerprint density at radius 2 is 1.97 bits per heavy atom. The molecule has 154 valence electrons. The van der Waals surface area contributed by atoms with Crippen molar-refractivity contribution in [3.63, 3.8) is 0 Å². The molecule has 0 bridgehead atoms. The quantitative estimate of drug-likeness (QED) is 0.652. The number of aromatic nitrogens is 2. The van der Waals surface area contributed by atoms with E-state index in [1.54, 1.807) is 12.1 Å². The molecule has 0 saturated carbocycles. The van der Waals surface area contributed by atoms with Crippen molar-refractivity contribution in [1.29, 1.82) is 0 Å². The van der Waals surface area contributed by atoms with Crippen LogP contribution in [0.3, 0.4) is 0 Å². The van der Waals surface area contributed by atoms with Crippen LogP contribution >= 0.6 is 0 Å². The molecule has 0 aliphatic carbocycles. The van der Waals surface area contributed by atoms with Gasteiger partial charge in [0.05, 0.1) is 5.69 Å². The highest BCUT2D eigenvalue weighted by Gasteiger charge is 2.25. The molecular weight excluding hydrogens is 374 g/mol. The number of hydrogen-bond acceptors (Lipinski definition) is 5. The van der Waals surface area contributed by atoms with Crippen LogP contribution in [0.2, 0.25) is 0 Å². The average Bonchev–Trinajstić information content (AvgIpc) is 2.80. The molecule has 3 aromatic rings. The molecule has 4 rings (SSSR count). The Hall–Kier alpha value is -3.25. The van der Waals surface area contributed by atoms with Crippen LogP contribution in [-0.4, -0.2) is 34.4 Å². The molecular formula is C24H27N5O. The summed E-state index contributed by atoms with van der Waals surface area (Å²) in [6.07, 6.45) is 7.38. The van der Waals surface area contributed by atoms with Gasteiger partial charge in [-0.25, -0.2) is 4.98 Å². The maximum Gasteiger partial charge on any atom is 0.248 e. The molecule has 30 heavy (non-hydrogen) atoms. The number of carbonyl (C=O) groups is 1. The molecule has 0 spiro atoms. The minimum absolute atomic E-state index is 0.349. The van der Waals surface area contributed by atoms with Crippen LogP contribution in [0.5, 0.6) is 0 Å². The van der Waals surface area contributed by atoms with Crippen LogP contribution in [0.15, 0.2) is 60.9 Å².